The van der Waals surface area contributed by atoms with Gasteiger partial charge < -0.3 is 25.0 Å². The molecule has 2 atom stereocenters. The first-order chi connectivity index (χ1) is 23.6. The van der Waals surface area contributed by atoms with Gasteiger partial charge in [0.25, 0.3) is 0 Å². The minimum absolute atomic E-state index is 0.00170. The number of rotatable bonds is 11. The van der Waals surface area contributed by atoms with E-state index in [0.717, 1.165) is 75.5 Å². The summed E-state index contributed by atoms with van der Waals surface area (Å²) in [5, 5.41) is 25.5. The Morgan fingerprint density at radius 2 is 1.69 bits per heavy atom. The lowest BCUT2D eigenvalue weighted by Crippen LogP contribution is -2.16. The van der Waals surface area contributed by atoms with Crippen LogP contribution in [0.1, 0.15) is 86.0 Å². The number of carbonyl (C=O) groups excluding carboxylic acids is 2. The van der Waals surface area contributed by atoms with Gasteiger partial charge in [0.15, 0.2) is 0 Å². The molecule has 6 rings (SSSR count). The minimum Gasteiger partial charge on any atom is -0.511 e. The highest BCUT2D eigenvalue weighted by Gasteiger charge is 2.41. The maximum Gasteiger partial charge on any atom is 0.306 e. The molecule has 0 unspecified atom stereocenters. The Morgan fingerprint density at radius 3 is 2.41 bits per heavy atom. The van der Waals surface area contributed by atoms with Crippen molar-refractivity contribution in [3.8, 4) is 0 Å². The lowest BCUT2D eigenvalue weighted by molar-refractivity contribution is -0.143. The van der Waals surface area contributed by atoms with Crippen LogP contribution in [0.4, 0.5) is 0 Å². The molecule has 0 aromatic rings. The zero-order valence-electron chi connectivity index (χ0n) is 29.3. The molecule has 5 heterocycles. The summed E-state index contributed by atoms with van der Waals surface area (Å²) in [6, 6.07) is 0. The molecule has 8 bridgehead atoms. The van der Waals surface area contributed by atoms with Crippen molar-refractivity contribution in [2.45, 2.75) is 86.0 Å². The molecule has 0 saturated carbocycles. The van der Waals surface area contributed by atoms with Gasteiger partial charge in [0.05, 0.1) is 47.9 Å². The predicted molar refractivity (Wildman–Crippen MR) is 190 cm³/mol. The largest absolute Gasteiger partial charge is 0.511 e. The Kier molecular flexibility index (Phi) is 9.88. The molecule has 10 nitrogen and oxygen atoms in total. The van der Waals surface area contributed by atoms with Crippen LogP contribution in [0.3, 0.4) is 0 Å². The van der Waals surface area contributed by atoms with E-state index in [1.54, 1.807) is 0 Å². The second kappa shape index (κ2) is 14.1. The first kappa shape index (κ1) is 34.3. The molecule has 49 heavy (non-hydrogen) atoms. The van der Waals surface area contributed by atoms with Crippen molar-refractivity contribution < 1.29 is 29.3 Å². The second-order valence-corrected chi connectivity index (χ2v) is 13.3. The molecular formula is C39H46N4O6. The average molecular weight is 667 g/mol. The Balaban J connectivity index is 1.51. The predicted octanol–water partition coefficient (Wildman–Crippen LogP) is 6.71. The van der Waals surface area contributed by atoms with Crippen LogP contribution >= 0.6 is 0 Å². The monoisotopic (exact) mass is 666 g/mol. The van der Waals surface area contributed by atoms with E-state index in [4.69, 9.17) is 24.5 Å². The molecule has 3 N–H and O–H groups in total. The highest BCUT2D eigenvalue weighted by atomic mass is 16.5. The molecule has 0 radical (unpaired) electrons. The molecule has 1 aliphatic carbocycles. The summed E-state index contributed by atoms with van der Waals surface area (Å²) in [5.74, 6) is -0.286. The average Bonchev–Trinajstić information content (AvgIpc) is 3.84. The summed E-state index contributed by atoms with van der Waals surface area (Å²) in [6.45, 7) is 10.1. The highest BCUT2D eigenvalue weighted by Crippen LogP contribution is 2.46. The van der Waals surface area contributed by atoms with Gasteiger partial charge in [-0.05, 0) is 68.1 Å². The van der Waals surface area contributed by atoms with Crippen molar-refractivity contribution in [2.75, 3.05) is 20.3 Å². The molecule has 6 aliphatic rings. The number of ether oxygens (including phenoxy) is 2. The second-order valence-electron chi connectivity index (χ2n) is 13.3. The van der Waals surface area contributed by atoms with Gasteiger partial charge >= 0.3 is 11.9 Å². The normalized spacial score (nSPS) is 22.8. The third-order valence-electron chi connectivity index (χ3n) is 10.4. The first-order valence-electron chi connectivity index (χ1n) is 17.4. The number of aliphatic hydroxyl groups is 2. The number of carbonyl (C=O) groups is 2. The SMILES string of the molecule is CCCCCC(=O)OCC1=C(CC)C2=CC3=C(C)C4=C(O)CC(=C5NC(=CC6=NC(=CC1=N2)C(CO)=C6C)[C@@H](C)[C@@H]5CCC(=O)OC)C4=N3. The van der Waals surface area contributed by atoms with Crippen LogP contribution in [0.2, 0.25) is 0 Å². The third kappa shape index (κ3) is 6.34. The smallest absolute Gasteiger partial charge is 0.306 e. The number of hydrogen-bond acceptors (Lipinski definition) is 10. The number of unbranched alkanes of at least 4 members (excludes halogenated alkanes) is 2. The van der Waals surface area contributed by atoms with Crippen molar-refractivity contribution >= 4 is 29.1 Å². The van der Waals surface area contributed by atoms with Gasteiger partial charge in [0.2, 0.25) is 0 Å². The van der Waals surface area contributed by atoms with Gasteiger partial charge in [-0.1, -0.05) is 33.6 Å². The van der Waals surface area contributed by atoms with Crippen molar-refractivity contribution in [3.05, 3.63) is 91.5 Å². The van der Waals surface area contributed by atoms with E-state index >= 15 is 0 Å². The Labute approximate surface area is 287 Å². The van der Waals surface area contributed by atoms with Gasteiger partial charge in [-0.3, -0.25) is 9.59 Å². The van der Waals surface area contributed by atoms with Crippen LogP contribution in [0.15, 0.2) is 106 Å². The molecule has 10 heteroatoms. The summed E-state index contributed by atoms with van der Waals surface area (Å²) in [6.07, 6.45) is 10.8. The van der Waals surface area contributed by atoms with E-state index in [2.05, 4.69) is 19.2 Å². The maximum atomic E-state index is 12.7. The van der Waals surface area contributed by atoms with E-state index in [1.165, 1.54) is 7.11 Å². The standard InChI is InChI=1S/C39H46N4O6/c1-7-9-10-11-36(47)49-19-27-23(8-2)31-16-30-22(5)37-34(45)14-25(39(37)43-30)38-24(12-13-35(46)48-6)20(3)29(42-38)15-28-21(4)26(18-44)32(40-28)17-33(27)41-31/h15-17,20,24,42,44-45H,7-14,18-19H2,1-6H3/t20-,24-/m0/s1. The molecule has 0 aromatic carbocycles. The molecule has 258 valence electrons. The molecule has 0 aromatic heterocycles. The number of methoxy groups -OCH3 is 1. The maximum absolute atomic E-state index is 12.7. The van der Waals surface area contributed by atoms with Crippen LogP contribution < -0.4 is 5.32 Å². The fourth-order valence-corrected chi connectivity index (χ4v) is 7.51. The summed E-state index contributed by atoms with van der Waals surface area (Å²) < 4.78 is 10.8. The zero-order chi connectivity index (χ0) is 35.0. The van der Waals surface area contributed by atoms with Crippen LogP contribution in [-0.4, -0.2) is 59.6 Å². The number of nitrogens with one attached hydrogen (secondary N) is 1. The number of aliphatic imine (C=N–C) groups is 3. The van der Waals surface area contributed by atoms with Crippen molar-refractivity contribution in [1.29, 1.82) is 0 Å². The summed E-state index contributed by atoms with van der Waals surface area (Å²) >= 11 is 0. The molecule has 0 spiro atoms. The van der Waals surface area contributed by atoms with Crippen molar-refractivity contribution in [3.63, 3.8) is 0 Å². The molecule has 1 saturated heterocycles. The van der Waals surface area contributed by atoms with Gasteiger partial charge in [-0.2, -0.15) is 0 Å². The number of fused-ring (bicyclic) bond motifs is 5. The van der Waals surface area contributed by atoms with E-state index in [1.807, 2.05) is 39.0 Å². The van der Waals surface area contributed by atoms with E-state index < -0.39 is 0 Å². The van der Waals surface area contributed by atoms with Crippen LogP contribution in [0.5, 0.6) is 0 Å². The lowest BCUT2D eigenvalue weighted by atomic mass is 9.86. The minimum atomic E-state index is -0.270. The van der Waals surface area contributed by atoms with Gasteiger partial charge in [0, 0.05) is 64.8 Å². The van der Waals surface area contributed by atoms with Crippen molar-refractivity contribution in [2.24, 2.45) is 26.8 Å². The highest BCUT2D eigenvalue weighted by molar-refractivity contribution is 6.21. The van der Waals surface area contributed by atoms with Crippen LogP contribution in [0, 0.1) is 11.8 Å². The molecule has 1 fully saturated rings. The van der Waals surface area contributed by atoms with Gasteiger partial charge in [-0.25, -0.2) is 15.0 Å². The van der Waals surface area contributed by atoms with Crippen LogP contribution in [-0.2, 0) is 19.1 Å². The third-order valence-corrected chi connectivity index (χ3v) is 10.4. The zero-order valence-corrected chi connectivity index (χ0v) is 29.3. The van der Waals surface area contributed by atoms with Crippen LogP contribution in [0.25, 0.3) is 0 Å². The number of esters is 2. The number of allylic oxidation sites excluding steroid dienone is 10. The van der Waals surface area contributed by atoms with E-state index in [9.17, 15) is 19.8 Å². The van der Waals surface area contributed by atoms with Crippen molar-refractivity contribution in [1.82, 2.24) is 5.32 Å². The number of hydrogen-bond donors (Lipinski definition) is 3. The quantitative estimate of drug-likeness (QED) is 0.164. The molecule has 0 amide bonds. The summed E-state index contributed by atoms with van der Waals surface area (Å²) in [7, 11) is 1.40. The first-order valence-corrected chi connectivity index (χ1v) is 17.4. The lowest BCUT2D eigenvalue weighted by Gasteiger charge is -2.17. The summed E-state index contributed by atoms with van der Waals surface area (Å²) in [4.78, 5) is 40.1. The fourth-order valence-electron chi connectivity index (χ4n) is 7.51. The van der Waals surface area contributed by atoms with E-state index in [-0.39, 0.29) is 49.2 Å². The summed E-state index contributed by atoms with van der Waals surface area (Å²) in [5.41, 5.74) is 11.8. The Hall–Kier alpha value is -4.57. The molecule has 5 aliphatic heterocycles. The topological polar surface area (TPSA) is 142 Å². The molecular weight excluding hydrogens is 620 g/mol. The Morgan fingerprint density at radius 1 is 0.939 bits per heavy atom. The van der Waals surface area contributed by atoms with Gasteiger partial charge in [0.1, 0.15) is 12.4 Å². The number of aliphatic hydroxyl groups excluding tert-OH is 2. The van der Waals surface area contributed by atoms with Gasteiger partial charge in [-0.15, -0.1) is 0 Å². The Bertz CT molecular complexity index is 1860. The fraction of sp³-hybridized carbons (Fsp3) is 0.462. The number of nitrogens with zero attached hydrogens (tertiary/aromatic N) is 3. The van der Waals surface area contributed by atoms with E-state index in [0.29, 0.717) is 54.1 Å².